The molecule has 0 fully saturated rings. The average molecular weight is 261 g/mol. The Morgan fingerprint density at radius 2 is 2.21 bits per heavy atom. The maximum absolute atomic E-state index is 12.0. The molecule has 3 N–H and O–H groups in total. The number of aliphatic hydroxyl groups is 1. The van der Waals surface area contributed by atoms with Crippen molar-refractivity contribution in [1.82, 2.24) is 9.88 Å². The summed E-state index contributed by atoms with van der Waals surface area (Å²) in [5.74, 6) is 4.59. The molecule has 1 rings (SSSR count). The summed E-state index contributed by atoms with van der Waals surface area (Å²) in [7, 11) is 1.48. The second-order valence-electron chi connectivity index (χ2n) is 3.87. The van der Waals surface area contributed by atoms with Crippen LogP contribution in [0.2, 0.25) is 0 Å². The van der Waals surface area contributed by atoms with E-state index < -0.39 is 5.91 Å². The number of primary amides is 1. The molecule has 1 aromatic heterocycles. The summed E-state index contributed by atoms with van der Waals surface area (Å²) >= 11 is 0. The molecule has 0 saturated carbocycles. The number of nitrogens with zero attached hydrogens (tertiary/aromatic N) is 2. The van der Waals surface area contributed by atoms with Gasteiger partial charge in [-0.25, -0.2) is 0 Å². The first kappa shape index (κ1) is 14.7. The van der Waals surface area contributed by atoms with Crippen molar-refractivity contribution in [2.45, 2.75) is 6.42 Å². The number of hydrogen-bond acceptors (Lipinski definition) is 4. The van der Waals surface area contributed by atoms with E-state index in [1.54, 1.807) is 6.07 Å². The number of nitrogens with two attached hydrogens (primary N) is 1. The molecular formula is C13H15N3O3. The van der Waals surface area contributed by atoms with E-state index in [-0.39, 0.29) is 19.1 Å². The first-order valence-electron chi connectivity index (χ1n) is 5.63. The van der Waals surface area contributed by atoms with Gasteiger partial charge >= 0.3 is 0 Å². The van der Waals surface area contributed by atoms with Gasteiger partial charge in [0.05, 0.1) is 18.7 Å². The molecule has 6 nitrogen and oxygen atoms in total. The van der Waals surface area contributed by atoms with Crippen molar-refractivity contribution in [1.29, 1.82) is 0 Å². The normalized spacial score (nSPS) is 9.37. The number of pyridine rings is 1. The van der Waals surface area contributed by atoms with Gasteiger partial charge in [-0.15, -0.1) is 0 Å². The molecule has 0 radical (unpaired) electrons. The summed E-state index contributed by atoms with van der Waals surface area (Å²) in [5.41, 5.74) is 5.93. The number of aromatic nitrogens is 1. The number of carbonyl (C=O) groups is 2. The van der Waals surface area contributed by atoms with E-state index in [4.69, 9.17) is 10.8 Å². The van der Waals surface area contributed by atoms with Crippen LogP contribution in [0.4, 0.5) is 0 Å². The second kappa shape index (κ2) is 7.13. The van der Waals surface area contributed by atoms with Crippen LogP contribution in [0.15, 0.2) is 18.5 Å². The van der Waals surface area contributed by atoms with Gasteiger partial charge in [-0.05, 0) is 6.07 Å². The van der Waals surface area contributed by atoms with Gasteiger partial charge in [0.1, 0.15) is 0 Å². The number of likely N-dealkylation sites (N-methyl/N-ethyl adjacent to an activating group) is 1. The molecule has 19 heavy (non-hydrogen) atoms. The van der Waals surface area contributed by atoms with E-state index in [1.807, 2.05) is 0 Å². The highest BCUT2D eigenvalue weighted by Gasteiger charge is 2.13. The lowest BCUT2D eigenvalue weighted by atomic mass is 10.2. The van der Waals surface area contributed by atoms with Gasteiger partial charge in [0, 0.05) is 31.4 Å². The Labute approximate surface area is 111 Å². The molecule has 0 bridgehead atoms. The van der Waals surface area contributed by atoms with Crippen molar-refractivity contribution in [2.24, 2.45) is 5.73 Å². The second-order valence-corrected chi connectivity index (χ2v) is 3.87. The van der Waals surface area contributed by atoms with E-state index in [0.29, 0.717) is 17.5 Å². The Morgan fingerprint density at radius 3 is 2.84 bits per heavy atom. The smallest absolute Gasteiger partial charge is 0.255 e. The zero-order valence-corrected chi connectivity index (χ0v) is 10.6. The zero-order valence-electron chi connectivity index (χ0n) is 10.6. The fourth-order valence-electron chi connectivity index (χ4n) is 1.37. The minimum atomic E-state index is -0.581. The Morgan fingerprint density at radius 1 is 1.47 bits per heavy atom. The van der Waals surface area contributed by atoms with Gasteiger partial charge in [0.15, 0.2) is 0 Å². The van der Waals surface area contributed by atoms with Crippen LogP contribution in [0, 0.1) is 11.8 Å². The van der Waals surface area contributed by atoms with Crippen molar-refractivity contribution in [3.8, 4) is 11.8 Å². The Hall–Kier alpha value is -2.39. The minimum absolute atomic E-state index is 0.0135. The van der Waals surface area contributed by atoms with Crippen LogP contribution in [0.1, 0.15) is 22.3 Å². The number of hydrogen-bond donors (Lipinski definition) is 2. The molecule has 0 aromatic carbocycles. The summed E-state index contributed by atoms with van der Waals surface area (Å²) < 4.78 is 0. The molecule has 2 amide bonds. The van der Waals surface area contributed by atoms with Gasteiger partial charge < -0.3 is 15.7 Å². The fraction of sp³-hybridized carbons (Fsp3) is 0.308. The Bertz CT molecular complexity index is 531. The predicted octanol–water partition coefficient (Wildman–Crippen LogP) is -0.627. The van der Waals surface area contributed by atoms with Crippen molar-refractivity contribution in [3.63, 3.8) is 0 Å². The van der Waals surface area contributed by atoms with E-state index in [1.165, 1.54) is 24.3 Å². The average Bonchev–Trinajstić information content (AvgIpc) is 2.38. The van der Waals surface area contributed by atoms with Gasteiger partial charge in [-0.3, -0.25) is 14.6 Å². The van der Waals surface area contributed by atoms with Gasteiger partial charge in [-0.1, -0.05) is 11.8 Å². The SMILES string of the molecule is CN(CC(N)=O)C(=O)c1cncc(C#CCCO)c1. The van der Waals surface area contributed by atoms with Crippen LogP contribution < -0.4 is 5.73 Å². The van der Waals surface area contributed by atoms with Crippen LogP contribution in [-0.4, -0.2) is 47.0 Å². The highest BCUT2D eigenvalue weighted by molar-refractivity contribution is 5.96. The summed E-state index contributed by atoms with van der Waals surface area (Å²) in [5, 5.41) is 8.62. The highest BCUT2D eigenvalue weighted by atomic mass is 16.2. The predicted molar refractivity (Wildman–Crippen MR) is 69.0 cm³/mol. The molecule has 0 spiro atoms. The number of rotatable bonds is 4. The summed E-state index contributed by atoms with van der Waals surface area (Å²) in [6.45, 7) is -0.167. The topological polar surface area (TPSA) is 96.5 Å². The summed E-state index contributed by atoms with van der Waals surface area (Å²) in [6.07, 6.45) is 3.28. The van der Waals surface area contributed by atoms with Gasteiger partial charge in [0.2, 0.25) is 5.91 Å². The molecular weight excluding hydrogens is 246 g/mol. The third kappa shape index (κ3) is 4.77. The largest absolute Gasteiger partial charge is 0.395 e. The molecule has 0 aliphatic rings. The van der Waals surface area contributed by atoms with Crippen molar-refractivity contribution in [3.05, 3.63) is 29.6 Å². The molecule has 0 unspecified atom stereocenters. The standard InChI is InChI=1S/C13H15N3O3/c1-16(9-12(14)18)13(19)11-6-10(7-15-8-11)4-2-3-5-17/h6-8,17H,3,5,9H2,1H3,(H2,14,18). The van der Waals surface area contributed by atoms with Crippen LogP contribution in [0.25, 0.3) is 0 Å². The van der Waals surface area contributed by atoms with Crippen LogP contribution >= 0.6 is 0 Å². The van der Waals surface area contributed by atoms with Crippen LogP contribution in [-0.2, 0) is 4.79 Å². The van der Waals surface area contributed by atoms with Gasteiger partial charge in [-0.2, -0.15) is 0 Å². The van der Waals surface area contributed by atoms with Crippen molar-refractivity contribution >= 4 is 11.8 Å². The molecule has 0 aliphatic carbocycles. The van der Waals surface area contributed by atoms with Crippen LogP contribution in [0.5, 0.6) is 0 Å². The molecule has 1 heterocycles. The quantitative estimate of drug-likeness (QED) is 0.705. The molecule has 1 aromatic rings. The lowest BCUT2D eigenvalue weighted by Crippen LogP contribution is -2.35. The summed E-state index contributed by atoms with van der Waals surface area (Å²) in [6, 6.07) is 1.58. The first-order chi connectivity index (χ1) is 9.04. The van der Waals surface area contributed by atoms with E-state index >= 15 is 0 Å². The molecule has 0 aliphatic heterocycles. The number of carbonyl (C=O) groups excluding carboxylic acids is 2. The number of amides is 2. The monoisotopic (exact) mass is 261 g/mol. The third-order valence-corrected chi connectivity index (χ3v) is 2.19. The zero-order chi connectivity index (χ0) is 14.3. The van der Waals surface area contributed by atoms with Crippen LogP contribution in [0.3, 0.4) is 0 Å². The number of aliphatic hydroxyl groups excluding tert-OH is 1. The Balaban J connectivity index is 2.84. The molecule has 6 heteroatoms. The maximum atomic E-state index is 12.0. The fourth-order valence-corrected chi connectivity index (χ4v) is 1.37. The van der Waals surface area contributed by atoms with E-state index in [0.717, 1.165) is 0 Å². The molecule has 0 atom stereocenters. The third-order valence-electron chi connectivity index (χ3n) is 2.19. The lowest BCUT2D eigenvalue weighted by Gasteiger charge is -2.14. The lowest BCUT2D eigenvalue weighted by molar-refractivity contribution is -0.118. The van der Waals surface area contributed by atoms with E-state index in [9.17, 15) is 9.59 Å². The van der Waals surface area contributed by atoms with Crippen molar-refractivity contribution < 1.29 is 14.7 Å². The Kier molecular flexibility index (Phi) is 5.51. The molecule has 0 saturated heterocycles. The first-order valence-corrected chi connectivity index (χ1v) is 5.63. The molecule has 100 valence electrons. The summed E-state index contributed by atoms with van der Waals surface area (Å²) in [4.78, 5) is 27.8. The van der Waals surface area contributed by atoms with Crippen molar-refractivity contribution in [2.75, 3.05) is 20.2 Å². The highest BCUT2D eigenvalue weighted by Crippen LogP contribution is 2.05. The minimum Gasteiger partial charge on any atom is -0.395 e. The maximum Gasteiger partial charge on any atom is 0.255 e. The van der Waals surface area contributed by atoms with Gasteiger partial charge in [0.25, 0.3) is 5.91 Å². The van der Waals surface area contributed by atoms with E-state index in [2.05, 4.69) is 16.8 Å².